The maximum Gasteiger partial charge on any atom is 0.269 e. The first-order chi connectivity index (χ1) is 10.8. The lowest BCUT2D eigenvalue weighted by molar-refractivity contribution is 0.0916. The molecule has 1 aromatic heterocycles. The number of nitrogens with one attached hydrogen (secondary N) is 2. The number of aromatic nitrogens is 2. The van der Waals surface area contributed by atoms with Crippen LogP contribution in [0.4, 0.5) is 0 Å². The summed E-state index contributed by atoms with van der Waals surface area (Å²) in [6, 6.07) is 11.8. The maximum absolute atomic E-state index is 12.1. The molecule has 0 unspecified atom stereocenters. The van der Waals surface area contributed by atoms with E-state index in [2.05, 4.69) is 32.5 Å². The molecule has 1 aliphatic heterocycles. The van der Waals surface area contributed by atoms with Crippen molar-refractivity contribution < 1.29 is 9.90 Å². The summed E-state index contributed by atoms with van der Waals surface area (Å²) in [5.74, 6) is -0.127. The van der Waals surface area contributed by atoms with E-state index in [-0.39, 0.29) is 24.5 Å². The van der Waals surface area contributed by atoms with Crippen molar-refractivity contribution >= 4 is 5.91 Å². The first kappa shape index (κ1) is 14.7. The highest BCUT2D eigenvalue weighted by Crippen LogP contribution is 2.19. The van der Waals surface area contributed by atoms with Crippen LogP contribution in [0.1, 0.15) is 16.1 Å². The van der Waals surface area contributed by atoms with E-state index in [0.717, 1.165) is 19.6 Å². The Morgan fingerprint density at radius 2 is 2.14 bits per heavy atom. The Morgan fingerprint density at radius 1 is 1.32 bits per heavy atom. The molecule has 6 heteroatoms. The number of carbonyl (C=O) groups is 1. The number of rotatable bonds is 5. The second kappa shape index (κ2) is 6.72. The lowest BCUT2D eigenvalue weighted by Crippen LogP contribution is -2.41. The Kier molecular flexibility index (Phi) is 4.50. The molecule has 6 nitrogen and oxygen atoms in total. The predicted molar refractivity (Wildman–Crippen MR) is 82.1 cm³/mol. The predicted octanol–water partition coefficient (Wildman–Crippen LogP) is 0.632. The number of aliphatic hydroxyl groups excluding tert-OH is 1. The summed E-state index contributed by atoms with van der Waals surface area (Å²) in [6.07, 6.45) is 1.55. The van der Waals surface area contributed by atoms with Crippen LogP contribution in [0.15, 0.2) is 42.6 Å². The zero-order valence-electron chi connectivity index (χ0n) is 12.3. The summed E-state index contributed by atoms with van der Waals surface area (Å²) in [5, 5.41) is 19.0. The summed E-state index contributed by atoms with van der Waals surface area (Å²) < 4.78 is 0. The van der Waals surface area contributed by atoms with Crippen molar-refractivity contribution in [2.75, 3.05) is 19.7 Å². The smallest absolute Gasteiger partial charge is 0.269 e. The van der Waals surface area contributed by atoms with Gasteiger partial charge in [0.05, 0.1) is 0 Å². The fourth-order valence-electron chi connectivity index (χ4n) is 2.91. The summed E-state index contributed by atoms with van der Waals surface area (Å²) >= 11 is 0. The third-order valence-corrected chi connectivity index (χ3v) is 4.06. The van der Waals surface area contributed by atoms with Crippen molar-refractivity contribution in [1.29, 1.82) is 0 Å². The van der Waals surface area contributed by atoms with Gasteiger partial charge >= 0.3 is 0 Å². The zero-order chi connectivity index (χ0) is 15.4. The number of aromatic amines is 1. The van der Waals surface area contributed by atoms with Gasteiger partial charge in [-0.15, -0.1) is 0 Å². The van der Waals surface area contributed by atoms with Crippen molar-refractivity contribution in [1.82, 2.24) is 20.4 Å². The van der Waals surface area contributed by atoms with E-state index in [0.29, 0.717) is 5.69 Å². The molecule has 0 spiro atoms. The molecule has 2 atom stereocenters. The molecule has 2 aromatic rings. The minimum Gasteiger partial charge on any atom is -0.396 e. The Labute approximate surface area is 129 Å². The first-order valence-electron chi connectivity index (χ1n) is 7.43. The molecular weight excluding hydrogens is 280 g/mol. The molecule has 1 aliphatic rings. The highest BCUT2D eigenvalue weighted by molar-refractivity contribution is 5.92. The number of amides is 1. The van der Waals surface area contributed by atoms with Crippen LogP contribution in [0.2, 0.25) is 0 Å². The number of likely N-dealkylation sites (tertiary alicyclic amines) is 1. The molecule has 116 valence electrons. The number of aliphatic hydroxyl groups is 1. The number of hydrogen-bond donors (Lipinski definition) is 3. The van der Waals surface area contributed by atoms with Crippen LogP contribution in [0.25, 0.3) is 0 Å². The monoisotopic (exact) mass is 300 g/mol. The molecule has 0 bridgehead atoms. The second-order valence-electron chi connectivity index (χ2n) is 5.67. The van der Waals surface area contributed by atoms with Crippen LogP contribution < -0.4 is 5.32 Å². The molecule has 1 aromatic carbocycles. The summed E-state index contributed by atoms with van der Waals surface area (Å²) in [6.45, 7) is 2.41. The van der Waals surface area contributed by atoms with Crippen LogP contribution in [-0.4, -0.2) is 51.8 Å². The van der Waals surface area contributed by atoms with Gasteiger partial charge in [-0.05, 0) is 11.6 Å². The van der Waals surface area contributed by atoms with Gasteiger partial charge in [0.1, 0.15) is 5.69 Å². The van der Waals surface area contributed by atoms with Crippen molar-refractivity contribution in [3.63, 3.8) is 0 Å². The van der Waals surface area contributed by atoms with Crippen LogP contribution in [0.3, 0.4) is 0 Å². The molecular formula is C16H20N4O2. The molecule has 0 aliphatic carbocycles. The van der Waals surface area contributed by atoms with Crippen LogP contribution in [0, 0.1) is 5.92 Å². The minimum atomic E-state index is -0.178. The summed E-state index contributed by atoms with van der Waals surface area (Å²) in [4.78, 5) is 14.4. The fraction of sp³-hybridized carbons (Fsp3) is 0.375. The average Bonchev–Trinajstić information content (AvgIpc) is 3.18. The van der Waals surface area contributed by atoms with Gasteiger partial charge in [-0.25, -0.2) is 0 Å². The van der Waals surface area contributed by atoms with E-state index >= 15 is 0 Å². The SMILES string of the molecule is O=C(N[C@@H]1CN(Cc2ccccc2)C[C@H]1CO)c1ccn[nH]1. The normalized spacial score (nSPS) is 21.9. The Hall–Kier alpha value is -2.18. The van der Waals surface area contributed by atoms with E-state index in [1.165, 1.54) is 5.56 Å². The molecule has 3 rings (SSSR count). The second-order valence-corrected chi connectivity index (χ2v) is 5.67. The van der Waals surface area contributed by atoms with E-state index in [1.54, 1.807) is 12.3 Å². The third kappa shape index (κ3) is 3.35. The van der Waals surface area contributed by atoms with Gasteiger partial charge in [-0.3, -0.25) is 14.8 Å². The molecule has 1 fully saturated rings. The molecule has 0 radical (unpaired) electrons. The summed E-state index contributed by atoms with van der Waals surface area (Å²) in [5.41, 5.74) is 1.68. The lowest BCUT2D eigenvalue weighted by Gasteiger charge is -2.17. The number of nitrogens with zero attached hydrogens (tertiary/aromatic N) is 2. The van der Waals surface area contributed by atoms with Crippen LogP contribution in [0.5, 0.6) is 0 Å². The van der Waals surface area contributed by atoms with E-state index in [1.807, 2.05) is 18.2 Å². The molecule has 1 amide bonds. The van der Waals surface area contributed by atoms with Crippen molar-refractivity contribution in [2.45, 2.75) is 12.6 Å². The van der Waals surface area contributed by atoms with Crippen molar-refractivity contribution in [3.8, 4) is 0 Å². The van der Waals surface area contributed by atoms with Gasteiger partial charge in [0.15, 0.2) is 0 Å². The first-order valence-corrected chi connectivity index (χ1v) is 7.43. The molecule has 22 heavy (non-hydrogen) atoms. The molecule has 1 saturated heterocycles. The van der Waals surface area contributed by atoms with Gasteiger partial charge in [-0.1, -0.05) is 30.3 Å². The van der Waals surface area contributed by atoms with E-state index in [4.69, 9.17) is 0 Å². The van der Waals surface area contributed by atoms with E-state index in [9.17, 15) is 9.90 Å². The van der Waals surface area contributed by atoms with E-state index < -0.39 is 0 Å². The van der Waals surface area contributed by atoms with Gasteiger partial charge in [0.25, 0.3) is 5.91 Å². The van der Waals surface area contributed by atoms with Gasteiger partial charge in [0.2, 0.25) is 0 Å². The zero-order valence-corrected chi connectivity index (χ0v) is 12.3. The largest absolute Gasteiger partial charge is 0.396 e. The Bertz CT molecular complexity index is 600. The van der Waals surface area contributed by atoms with Crippen molar-refractivity contribution in [3.05, 3.63) is 53.9 Å². The van der Waals surface area contributed by atoms with Gasteiger partial charge < -0.3 is 10.4 Å². The lowest BCUT2D eigenvalue weighted by atomic mass is 10.1. The minimum absolute atomic E-state index is 0.0514. The quantitative estimate of drug-likeness (QED) is 0.756. The molecule has 2 heterocycles. The standard InChI is InChI=1S/C16H20N4O2/c21-11-13-9-20(8-12-4-2-1-3-5-12)10-15(13)18-16(22)14-6-7-17-19-14/h1-7,13,15,21H,8-11H2,(H,17,19)(H,18,22)/t13-,15+/m0/s1. The summed E-state index contributed by atoms with van der Waals surface area (Å²) in [7, 11) is 0. The number of hydrogen-bond acceptors (Lipinski definition) is 4. The molecule has 0 saturated carbocycles. The average molecular weight is 300 g/mol. The number of benzene rings is 1. The topological polar surface area (TPSA) is 81.2 Å². The maximum atomic E-state index is 12.1. The Balaban J connectivity index is 1.61. The van der Waals surface area contributed by atoms with Gasteiger partial charge in [0, 0.05) is 44.4 Å². The Morgan fingerprint density at radius 3 is 2.82 bits per heavy atom. The highest BCUT2D eigenvalue weighted by atomic mass is 16.3. The number of carbonyl (C=O) groups excluding carboxylic acids is 1. The van der Waals surface area contributed by atoms with Crippen LogP contribution in [-0.2, 0) is 6.54 Å². The van der Waals surface area contributed by atoms with Crippen molar-refractivity contribution in [2.24, 2.45) is 5.92 Å². The van der Waals surface area contributed by atoms with Gasteiger partial charge in [-0.2, -0.15) is 5.10 Å². The fourth-order valence-corrected chi connectivity index (χ4v) is 2.91. The number of H-pyrrole nitrogens is 1. The molecule has 3 N–H and O–H groups in total. The highest BCUT2D eigenvalue weighted by Gasteiger charge is 2.33. The van der Waals surface area contributed by atoms with Crippen LogP contribution >= 0.6 is 0 Å². The third-order valence-electron chi connectivity index (χ3n) is 4.06.